The largest absolute Gasteiger partial charge is 0.507 e. The van der Waals surface area contributed by atoms with Crippen LogP contribution in [0, 0.1) is 11.3 Å². The maximum atomic E-state index is 10.2. The van der Waals surface area contributed by atoms with Crippen LogP contribution >= 0.6 is 0 Å². The first-order valence-electron chi connectivity index (χ1n) is 8.25. The van der Waals surface area contributed by atoms with Gasteiger partial charge in [-0.15, -0.1) is 0 Å². The molecule has 0 atom stereocenters. The van der Waals surface area contributed by atoms with Crippen molar-refractivity contribution in [2.24, 2.45) is 0 Å². The van der Waals surface area contributed by atoms with E-state index in [9.17, 15) is 5.11 Å². The predicted octanol–water partition coefficient (Wildman–Crippen LogP) is 3.28. The Labute approximate surface area is 155 Å². The average molecular weight is 354 g/mol. The molecule has 2 heterocycles. The summed E-state index contributed by atoms with van der Waals surface area (Å²) in [4.78, 5) is 9.13. The molecule has 0 saturated heterocycles. The van der Waals surface area contributed by atoms with E-state index in [1.807, 2.05) is 36.4 Å². The number of aromatic nitrogens is 4. The normalized spacial score (nSPS) is 10.5. The molecule has 0 spiro atoms. The number of phenolic OH excluding ortho intramolecular Hbond substituents is 1. The maximum Gasteiger partial charge on any atom is 0.165 e. The topological polar surface area (TPSA) is 108 Å². The van der Waals surface area contributed by atoms with Gasteiger partial charge < -0.3 is 10.4 Å². The Morgan fingerprint density at radius 3 is 2.74 bits per heavy atom. The summed E-state index contributed by atoms with van der Waals surface area (Å²) in [6.45, 7) is 0.443. The highest BCUT2D eigenvalue weighted by atomic mass is 16.3. The molecule has 0 saturated carbocycles. The van der Waals surface area contributed by atoms with Gasteiger partial charge in [0.15, 0.2) is 5.82 Å². The van der Waals surface area contributed by atoms with Gasteiger partial charge >= 0.3 is 0 Å². The zero-order chi connectivity index (χ0) is 18.6. The standard InChI is InChI=1S/C20H14N6O/c21-11-13-7-8-18(27)16(10-13)20-24-17-6-2-1-5-15(17)19(25-20)22-12-14-4-3-9-23-26-14/h1-10,27H,12H2,(H,22,24,25). The Kier molecular flexibility index (Phi) is 4.29. The third kappa shape index (κ3) is 3.37. The number of nitriles is 1. The zero-order valence-electron chi connectivity index (χ0n) is 14.2. The van der Waals surface area contributed by atoms with E-state index in [1.165, 1.54) is 6.07 Å². The number of phenols is 1. The van der Waals surface area contributed by atoms with Crippen molar-refractivity contribution in [1.29, 1.82) is 5.26 Å². The number of hydrogen-bond donors (Lipinski definition) is 2. The van der Waals surface area contributed by atoms with Crippen molar-refractivity contribution in [2.45, 2.75) is 6.54 Å². The molecule has 7 heteroatoms. The summed E-state index contributed by atoms with van der Waals surface area (Å²) in [7, 11) is 0. The molecular weight excluding hydrogens is 340 g/mol. The molecular formula is C20H14N6O. The summed E-state index contributed by atoms with van der Waals surface area (Å²) < 4.78 is 0. The summed E-state index contributed by atoms with van der Waals surface area (Å²) in [6, 6.07) is 17.9. The van der Waals surface area contributed by atoms with Gasteiger partial charge in [0, 0.05) is 11.6 Å². The van der Waals surface area contributed by atoms with Crippen LogP contribution in [-0.4, -0.2) is 25.3 Å². The monoisotopic (exact) mass is 354 g/mol. The first-order chi connectivity index (χ1) is 13.2. The lowest BCUT2D eigenvalue weighted by molar-refractivity contribution is 0.477. The van der Waals surface area contributed by atoms with Gasteiger partial charge in [-0.3, -0.25) is 0 Å². The van der Waals surface area contributed by atoms with Gasteiger partial charge in [-0.1, -0.05) is 12.1 Å². The molecule has 2 aromatic carbocycles. The average Bonchev–Trinajstić information content (AvgIpc) is 2.73. The number of nitrogens with zero attached hydrogens (tertiary/aromatic N) is 5. The maximum absolute atomic E-state index is 10.2. The first kappa shape index (κ1) is 16.4. The molecule has 0 aliphatic rings. The summed E-state index contributed by atoms with van der Waals surface area (Å²) in [5.41, 5.74) is 2.33. The van der Waals surface area contributed by atoms with Gasteiger partial charge in [-0.05, 0) is 42.5 Å². The van der Waals surface area contributed by atoms with Crippen LogP contribution in [0.15, 0.2) is 60.8 Å². The van der Waals surface area contributed by atoms with Gasteiger partial charge in [-0.2, -0.15) is 15.5 Å². The molecule has 2 aromatic heterocycles. The SMILES string of the molecule is N#Cc1ccc(O)c(-c2nc(NCc3cccnn3)c3ccccc3n2)c1. The molecule has 0 fully saturated rings. The van der Waals surface area contributed by atoms with E-state index in [-0.39, 0.29) is 5.75 Å². The number of rotatable bonds is 4. The number of anilines is 1. The third-order valence-electron chi connectivity index (χ3n) is 4.03. The van der Waals surface area contributed by atoms with E-state index >= 15 is 0 Å². The van der Waals surface area contributed by atoms with Gasteiger partial charge in [0.25, 0.3) is 0 Å². The number of fused-ring (bicyclic) bond motifs is 1. The minimum Gasteiger partial charge on any atom is -0.507 e. The molecule has 130 valence electrons. The summed E-state index contributed by atoms with van der Waals surface area (Å²) in [6.07, 6.45) is 1.62. The van der Waals surface area contributed by atoms with E-state index in [4.69, 9.17) is 5.26 Å². The molecule has 7 nitrogen and oxygen atoms in total. The fourth-order valence-corrected chi connectivity index (χ4v) is 2.72. The zero-order valence-corrected chi connectivity index (χ0v) is 14.2. The number of para-hydroxylation sites is 1. The number of benzene rings is 2. The van der Waals surface area contributed by atoms with E-state index in [0.29, 0.717) is 29.3 Å². The molecule has 0 bridgehead atoms. The van der Waals surface area contributed by atoms with Gasteiger partial charge in [0.05, 0.1) is 35.0 Å². The van der Waals surface area contributed by atoms with Crippen molar-refractivity contribution in [3.8, 4) is 23.2 Å². The second-order valence-corrected chi connectivity index (χ2v) is 5.83. The van der Waals surface area contributed by atoms with Crippen molar-refractivity contribution in [1.82, 2.24) is 20.2 Å². The van der Waals surface area contributed by atoms with Crippen LogP contribution in [0.5, 0.6) is 5.75 Å². The smallest absolute Gasteiger partial charge is 0.165 e. The lowest BCUT2D eigenvalue weighted by atomic mass is 10.1. The van der Waals surface area contributed by atoms with Crippen LogP contribution in [-0.2, 0) is 6.54 Å². The van der Waals surface area contributed by atoms with E-state index in [0.717, 1.165) is 16.6 Å². The van der Waals surface area contributed by atoms with Crippen molar-refractivity contribution >= 4 is 16.7 Å². The summed E-state index contributed by atoms with van der Waals surface area (Å²) in [5, 5.41) is 31.4. The Hall–Kier alpha value is -4.05. The molecule has 4 aromatic rings. The Morgan fingerprint density at radius 2 is 1.93 bits per heavy atom. The lowest BCUT2D eigenvalue weighted by Gasteiger charge is -2.11. The van der Waals surface area contributed by atoms with E-state index < -0.39 is 0 Å². The fraction of sp³-hybridized carbons (Fsp3) is 0.0500. The van der Waals surface area contributed by atoms with E-state index in [1.54, 1.807) is 18.3 Å². The third-order valence-corrected chi connectivity index (χ3v) is 4.03. The fourth-order valence-electron chi connectivity index (χ4n) is 2.72. The van der Waals surface area contributed by atoms with Gasteiger partial charge in [-0.25, -0.2) is 9.97 Å². The molecule has 0 radical (unpaired) electrons. The Bertz CT molecular complexity index is 1150. The van der Waals surface area contributed by atoms with Crippen molar-refractivity contribution in [3.05, 3.63) is 72.1 Å². The van der Waals surface area contributed by atoms with Crippen LogP contribution in [0.4, 0.5) is 5.82 Å². The van der Waals surface area contributed by atoms with Crippen LogP contribution in [0.1, 0.15) is 11.3 Å². The Morgan fingerprint density at radius 1 is 1.04 bits per heavy atom. The Balaban J connectivity index is 1.80. The van der Waals surface area contributed by atoms with Crippen molar-refractivity contribution < 1.29 is 5.11 Å². The minimum atomic E-state index is 0.0177. The lowest BCUT2D eigenvalue weighted by Crippen LogP contribution is -2.06. The predicted molar refractivity (Wildman–Crippen MR) is 101 cm³/mol. The number of aromatic hydroxyl groups is 1. The highest BCUT2D eigenvalue weighted by Crippen LogP contribution is 2.31. The minimum absolute atomic E-state index is 0.0177. The summed E-state index contributed by atoms with van der Waals surface area (Å²) >= 11 is 0. The first-order valence-corrected chi connectivity index (χ1v) is 8.25. The second kappa shape index (κ2) is 7.06. The second-order valence-electron chi connectivity index (χ2n) is 5.83. The van der Waals surface area contributed by atoms with E-state index in [2.05, 4.69) is 31.6 Å². The molecule has 0 aliphatic heterocycles. The molecule has 0 amide bonds. The van der Waals surface area contributed by atoms with Gasteiger partial charge in [0.2, 0.25) is 0 Å². The van der Waals surface area contributed by atoms with Crippen molar-refractivity contribution in [2.75, 3.05) is 5.32 Å². The van der Waals surface area contributed by atoms with Crippen LogP contribution in [0.25, 0.3) is 22.3 Å². The van der Waals surface area contributed by atoms with Gasteiger partial charge in [0.1, 0.15) is 11.6 Å². The number of nitrogens with one attached hydrogen (secondary N) is 1. The highest BCUT2D eigenvalue weighted by Gasteiger charge is 2.13. The molecule has 27 heavy (non-hydrogen) atoms. The summed E-state index contributed by atoms with van der Waals surface area (Å²) in [5.74, 6) is 0.970. The molecule has 2 N–H and O–H groups in total. The quantitative estimate of drug-likeness (QED) is 0.579. The van der Waals surface area contributed by atoms with Crippen LogP contribution in [0.2, 0.25) is 0 Å². The van der Waals surface area contributed by atoms with Crippen molar-refractivity contribution in [3.63, 3.8) is 0 Å². The number of hydrogen-bond acceptors (Lipinski definition) is 7. The molecule has 0 aliphatic carbocycles. The molecule has 4 rings (SSSR count). The highest BCUT2D eigenvalue weighted by molar-refractivity contribution is 5.91. The van der Waals surface area contributed by atoms with Crippen LogP contribution < -0.4 is 5.32 Å². The molecule has 0 unspecified atom stereocenters. The van der Waals surface area contributed by atoms with Crippen LogP contribution in [0.3, 0.4) is 0 Å².